The SMILES string of the molecule is COc1ccc(N2CCN(C(=O)CN3CCC[C@H]4CCCC[C@@H]43)CC2)cc1. The van der Waals surface area contributed by atoms with E-state index in [1.807, 2.05) is 12.1 Å². The van der Waals surface area contributed by atoms with Gasteiger partial charge in [0.05, 0.1) is 13.7 Å². The van der Waals surface area contributed by atoms with Crippen molar-refractivity contribution in [1.82, 2.24) is 9.80 Å². The number of ether oxygens (including phenoxy) is 1. The molecule has 148 valence electrons. The maximum absolute atomic E-state index is 12.9. The topological polar surface area (TPSA) is 36.0 Å². The zero-order valence-corrected chi connectivity index (χ0v) is 16.6. The van der Waals surface area contributed by atoms with Gasteiger partial charge in [-0.15, -0.1) is 0 Å². The van der Waals surface area contributed by atoms with Gasteiger partial charge in [-0.3, -0.25) is 9.69 Å². The zero-order chi connectivity index (χ0) is 18.6. The summed E-state index contributed by atoms with van der Waals surface area (Å²) >= 11 is 0. The monoisotopic (exact) mass is 371 g/mol. The van der Waals surface area contributed by atoms with Crippen molar-refractivity contribution >= 4 is 11.6 Å². The van der Waals surface area contributed by atoms with E-state index in [0.717, 1.165) is 44.4 Å². The van der Waals surface area contributed by atoms with Crippen LogP contribution in [0.1, 0.15) is 38.5 Å². The molecule has 1 amide bonds. The molecule has 2 saturated heterocycles. The molecule has 2 aliphatic heterocycles. The van der Waals surface area contributed by atoms with Crippen LogP contribution in [0.2, 0.25) is 0 Å². The second-order valence-corrected chi connectivity index (χ2v) is 8.29. The van der Waals surface area contributed by atoms with Crippen molar-refractivity contribution in [2.24, 2.45) is 5.92 Å². The van der Waals surface area contributed by atoms with Crippen LogP contribution < -0.4 is 9.64 Å². The minimum Gasteiger partial charge on any atom is -0.497 e. The van der Waals surface area contributed by atoms with E-state index in [9.17, 15) is 4.79 Å². The summed E-state index contributed by atoms with van der Waals surface area (Å²) in [6, 6.07) is 8.88. The van der Waals surface area contributed by atoms with Crippen LogP contribution in [0, 0.1) is 5.92 Å². The number of nitrogens with zero attached hydrogens (tertiary/aromatic N) is 3. The molecule has 5 heteroatoms. The molecule has 27 heavy (non-hydrogen) atoms. The molecule has 2 heterocycles. The highest BCUT2D eigenvalue weighted by molar-refractivity contribution is 5.78. The van der Waals surface area contributed by atoms with Crippen LogP contribution in [0.4, 0.5) is 5.69 Å². The minimum atomic E-state index is 0.329. The third-order valence-electron chi connectivity index (χ3n) is 6.77. The van der Waals surface area contributed by atoms with Crippen LogP contribution in [0.15, 0.2) is 24.3 Å². The zero-order valence-electron chi connectivity index (χ0n) is 16.6. The van der Waals surface area contributed by atoms with Crippen LogP contribution in [0.5, 0.6) is 5.75 Å². The van der Waals surface area contributed by atoms with Crippen molar-refractivity contribution in [3.63, 3.8) is 0 Å². The number of benzene rings is 1. The quantitative estimate of drug-likeness (QED) is 0.815. The Morgan fingerprint density at radius 3 is 2.41 bits per heavy atom. The number of rotatable bonds is 4. The van der Waals surface area contributed by atoms with Gasteiger partial charge in [-0.1, -0.05) is 12.8 Å². The van der Waals surface area contributed by atoms with E-state index < -0.39 is 0 Å². The number of carbonyl (C=O) groups is 1. The lowest BCUT2D eigenvalue weighted by Gasteiger charge is -2.45. The Bertz CT molecular complexity index is 623. The van der Waals surface area contributed by atoms with Gasteiger partial charge >= 0.3 is 0 Å². The predicted molar refractivity (Wildman–Crippen MR) is 108 cm³/mol. The molecular weight excluding hydrogens is 338 g/mol. The number of piperazine rings is 1. The number of piperidine rings is 1. The Morgan fingerprint density at radius 1 is 0.963 bits per heavy atom. The van der Waals surface area contributed by atoms with Crippen LogP contribution in [0.3, 0.4) is 0 Å². The number of fused-ring (bicyclic) bond motifs is 1. The number of hydrogen-bond donors (Lipinski definition) is 0. The fourth-order valence-electron chi connectivity index (χ4n) is 5.21. The third-order valence-corrected chi connectivity index (χ3v) is 6.77. The van der Waals surface area contributed by atoms with E-state index in [1.54, 1.807) is 7.11 Å². The van der Waals surface area contributed by atoms with Crippen molar-refractivity contribution in [2.75, 3.05) is 51.3 Å². The average Bonchev–Trinajstić information content (AvgIpc) is 2.74. The summed E-state index contributed by atoms with van der Waals surface area (Å²) in [5, 5.41) is 0. The predicted octanol–water partition coefficient (Wildman–Crippen LogP) is 3.00. The molecule has 1 aliphatic carbocycles. The van der Waals surface area contributed by atoms with Crippen molar-refractivity contribution in [3.8, 4) is 5.75 Å². The summed E-state index contributed by atoms with van der Waals surface area (Å²) in [5.74, 6) is 2.05. The second-order valence-electron chi connectivity index (χ2n) is 8.29. The first-order chi connectivity index (χ1) is 13.2. The lowest BCUT2D eigenvalue weighted by Crippen LogP contribution is -2.54. The van der Waals surface area contributed by atoms with Crippen molar-refractivity contribution in [2.45, 2.75) is 44.6 Å². The molecule has 0 N–H and O–H groups in total. The third kappa shape index (κ3) is 4.23. The molecule has 2 atom stereocenters. The normalized spacial score (nSPS) is 26.6. The van der Waals surface area contributed by atoms with Crippen molar-refractivity contribution in [3.05, 3.63) is 24.3 Å². The minimum absolute atomic E-state index is 0.329. The molecule has 3 fully saturated rings. The summed E-state index contributed by atoms with van der Waals surface area (Å²) < 4.78 is 5.24. The van der Waals surface area contributed by atoms with Crippen LogP contribution in [0.25, 0.3) is 0 Å². The molecule has 0 bridgehead atoms. The number of hydrogen-bond acceptors (Lipinski definition) is 4. The number of methoxy groups -OCH3 is 1. The van der Waals surface area contributed by atoms with Gasteiger partial charge < -0.3 is 14.5 Å². The Balaban J connectivity index is 1.29. The Kier molecular flexibility index (Phi) is 5.86. The first kappa shape index (κ1) is 18.6. The van der Waals surface area contributed by atoms with Crippen molar-refractivity contribution < 1.29 is 9.53 Å². The van der Waals surface area contributed by atoms with E-state index >= 15 is 0 Å². The van der Waals surface area contributed by atoms with E-state index in [1.165, 1.54) is 44.2 Å². The molecule has 5 nitrogen and oxygen atoms in total. The molecule has 1 aromatic rings. The highest BCUT2D eigenvalue weighted by atomic mass is 16.5. The molecule has 1 aromatic carbocycles. The van der Waals surface area contributed by atoms with E-state index in [-0.39, 0.29) is 0 Å². The Labute approximate surface area is 163 Å². The largest absolute Gasteiger partial charge is 0.497 e. The van der Waals surface area contributed by atoms with Gasteiger partial charge in [0, 0.05) is 37.9 Å². The molecular formula is C22H33N3O2. The average molecular weight is 372 g/mol. The standard InChI is InChI=1S/C22H33N3O2/c1-27-20-10-8-19(9-11-20)23-13-15-24(16-14-23)22(26)17-25-12-4-6-18-5-2-3-7-21(18)25/h8-11,18,21H,2-7,12-17H2,1H3/t18-,21+/m1/s1. The second kappa shape index (κ2) is 8.51. The first-order valence-electron chi connectivity index (χ1n) is 10.7. The van der Waals surface area contributed by atoms with Gasteiger partial charge in [0.2, 0.25) is 5.91 Å². The fourth-order valence-corrected chi connectivity index (χ4v) is 5.21. The molecule has 0 spiro atoms. The van der Waals surface area contributed by atoms with E-state index in [0.29, 0.717) is 18.5 Å². The van der Waals surface area contributed by atoms with Crippen LogP contribution >= 0.6 is 0 Å². The number of carbonyl (C=O) groups excluding carboxylic acids is 1. The summed E-state index contributed by atoms with van der Waals surface area (Å²) in [5.41, 5.74) is 1.21. The lowest BCUT2D eigenvalue weighted by atomic mass is 9.78. The molecule has 0 radical (unpaired) electrons. The highest BCUT2D eigenvalue weighted by Gasteiger charge is 2.34. The first-order valence-corrected chi connectivity index (χ1v) is 10.7. The molecule has 3 aliphatic rings. The molecule has 0 unspecified atom stereocenters. The Morgan fingerprint density at radius 2 is 1.67 bits per heavy atom. The van der Waals surface area contributed by atoms with Crippen molar-refractivity contribution in [1.29, 1.82) is 0 Å². The molecule has 4 rings (SSSR count). The fraction of sp³-hybridized carbons (Fsp3) is 0.682. The van der Waals surface area contributed by atoms with E-state index in [2.05, 4.69) is 26.8 Å². The van der Waals surface area contributed by atoms with E-state index in [4.69, 9.17) is 4.74 Å². The molecule has 1 saturated carbocycles. The van der Waals surface area contributed by atoms with Gasteiger partial charge in [-0.25, -0.2) is 0 Å². The lowest BCUT2D eigenvalue weighted by molar-refractivity contribution is -0.134. The van der Waals surface area contributed by atoms with Gasteiger partial charge in [0.25, 0.3) is 0 Å². The number of likely N-dealkylation sites (tertiary alicyclic amines) is 1. The number of anilines is 1. The summed E-state index contributed by atoms with van der Waals surface area (Å²) in [4.78, 5) is 19.9. The van der Waals surface area contributed by atoms with Gasteiger partial charge in [-0.2, -0.15) is 0 Å². The number of amides is 1. The van der Waals surface area contributed by atoms with Gasteiger partial charge in [-0.05, 0) is 62.4 Å². The summed E-state index contributed by atoms with van der Waals surface area (Å²) in [6.07, 6.45) is 8.03. The van der Waals surface area contributed by atoms with Crippen LogP contribution in [-0.4, -0.2) is 68.1 Å². The maximum atomic E-state index is 12.9. The van der Waals surface area contributed by atoms with Gasteiger partial charge in [0.15, 0.2) is 0 Å². The highest BCUT2D eigenvalue weighted by Crippen LogP contribution is 2.35. The Hall–Kier alpha value is -1.75. The summed E-state index contributed by atoms with van der Waals surface area (Å²) in [6.45, 7) is 5.20. The van der Waals surface area contributed by atoms with Gasteiger partial charge in [0.1, 0.15) is 5.75 Å². The summed E-state index contributed by atoms with van der Waals surface area (Å²) in [7, 11) is 1.69. The maximum Gasteiger partial charge on any atom is 0.236 e. The van der Waals surface area contributed by atoms with Crippen LogP contribution in [-0.2, 0) is 4.79 Å². The smallest absolute Gasteiger partial charge is 0.236 e. The molecule has 0 aromatic heterocycles.